The second kappa shape index (κ2) is 17.4. The Labute approximate surface area is 354 Å². The molecular formula is C44H56F4N12O. The van der Waals surface area contributed by atoms with E-state index in [1.54, 1.807) is 23.5 Å². The molecule has 13 nitrogen and oxygen atoms in total. The number of rotatable bonds is 11. The van der Waals surface area contributed by atoms with Gasteiger partial charge in [0.2, 0.25) is 0 Å². The molecule has 2 aliphatic carbocycles. The summed E-state index contributed by atoms with van der Waals surface area (Å²) in [6.07, 6.45) is 14.2. The standard InChI is InChI=1S/C23H30F2N6.C21H26F2N6O/c1-2-23(25)7-10-31(15-23)22-12-18(30-8-5-17(24)6-9-30)11-20(29-22)28-21-14-26-19(13-27-21)16-3-4-16;22-21(23)5-7-29(13-21)20-9-15(28-6-1-2-16(30)12-28)8-18(27-20)26-19-11-24-17(10-25-19)14-3-4-14/h11-14,16-17H,2-10,15H2,1H3,(H,27,28,29);8-11,14,16,30H,1-7,12-13H2,(H,25,26,27). The molecule has 6 fully saturated rings. The number of hydrogen-bond acceptors (Lipinski definition) is 13. The van der Waals surface area contributed by atoms with Crippen molar-refractivity contribution in [2.45, 2.75) is 113 Å². The van der Waals surface area contributed by atoms with E-state index in [4.69, 9.17) is 4.98 Å². The van der Waals surface area contributed by atoms with E-state index in [0.29, 0.717) is 99.3 Å². The van der Waals surface area contributed by atoms with E-state index in [1.807, 2.05) is 42.3 Å². The lowest BCUT2D eigenvalue weighted by atomic mass is 10.0. The van der Waals surface area contributed by atoms with Crippen LogP contribution in [0.15, 0.2) is 49.1 Å². The number of nitrogens with one attached hydrogen (secondary N) is 2. The number of aliphatic hydroxyl groups excluding tert-OH is 1. The Balaban J connectivity index is 0.000000156. The van der Waals surface area contributed by atoms with Crippen molar-refractivity contribution >= 4 is 46.3 Å². The molecule has 2 unspecified atom stereocenters. The summed E-state index contributed by atoms with van der Waals surface area (Å²) in [5.41, 5.74) is 2.72. The molecule has 4 saturated heterocycles. The summed E-state index contributed by atoms with van der Waals surface area (Å²) in [7, 11) is 0. The Kier molecular flexibility index (Phi) is 11.8. The van der Waals surface area contributed by atoms with Crippen molar-refractivity contribution in [2.24, 2.45) is 0 Å². The third-order valence-corrected chi connectivity index (χ3v) is 12.7. The number of nitrogens with zero attached hydrogens (tertiary/aromatic N) is 10. The molecule has 2 saturated carbocycles. The summed E-state index contributed by atoms with van der Waals surface area (Å²) in [4.78, 5) is 35.2. The average Bonchev–Trinajstić information content (AvgIpc) is 4.21. The second-order valence-electron chi connectivity index (χ2n) is 17.7. The van der Waals surface area contributed by atoms with Gasteiger partial charge in [-0.1, -0.05) is 6.92 Å². The summed E-state index contributed by atoms with van der Waals surface area (Å²) in [6, 6.07) is 7.70. The van der Waals surface area contributed by atoms with Crippen LogP contribution < -0.4 is 30.2 Å². The van der Waals surface area contributed by atoms with Crippen molar-refractivity contribution in [3.05, 3.63) is 60.4 Å². The molecule has 4 aromatic rings. The van der Waals surface area contributed by atoms with Crippen LogP contribution in [-0.2, 0) is 0 Å². The lowest BCUT2D eigenvalue weighted by Gasteiger charge is -2.33. The van der Waals surface area contributed by atoms with Crippen molar-refractivity contribution < 1.29 is 22.7 Å². The molecule has 0 radical (unpaired) electrons. The lowest BCUT2D eigenvalue weighted by molar-refractivity contribution is 0.0256. The molecule has 0 aromatic carbocycles. The molecule has 0 bridgehead atoms. The van der Waals surface area contributed by atoms with Gasteiger partial charge in [0.15, 0.2) is 0 Å². The topological polar surface area (TPSA) is 135 Å². The number of pyridine rings is 2. The summed E-state index contributed by atoms with van der Waals surface area (Å²) in [5.74, 6) is 2.04. The van der Waals surface area contributed by atoms with Gasteiger partial charge < -0.3 is 35.3 Å². The number of aliphatic hydroxyl groups is 1. The van der Waals surface area contributed by atoms with E-state index in [-0.39, 0.29) is 25.6 Å². The van der Waals surface area contributed by atoms with Crippen LogP contribution in [0.2, 0.25) is 0 Å². The molecule has 4 aromatic heterocycles. The molecular weight excluding hydrogens is 789 g/mol. The number of halogens is 4. The molecule has 3 N–H and O–H groups in total. The van der Waals surface area contributed by atoms with Gasteiger partial charge in [0.1, 0.15) is 46.7 Å². The Morgan fingerprint density at radius 3 is 1.66 bits per heavy atom. The first kappa shape index (κ1) is 41.3. The Morgan fingerprint density at radius 1 is 0.623 bits per heavy atom. The van der Waals surface area contributed by atoms with Gasteiger partial charge >= 0.3 is 0 Å². The van der Waals surface area contributed by atoms with Crippen LogP contribution >= 0.6 is 0 Å². The zero-order valence-electron chi connectivity index (χ0n) is 34.8. The maximum absolute atomic E-state index is 14.9. The van der Waals surface area contributed by atoms with Crippen molar-refractivity contribution in [3.8, 4) is 0 Å². The van der Waals surface area contributed by atoms with Crippen molar-refractivity contribution in [2.75, 3.05) is 82.6 Å². The molecule has 61 heavy (non-hydrogen) atoms. The van der Waals surface area contributed by atoms with Gasteiger partial charge in [0.05, 0.1) is 55.4 Å². The Hall–Kier alpha value is -5.06. The first-order valence-corrected chi connectivity index (χ1v) is 22.1. The van der Waals surface area contributed by atoms with E-state index in [1.165, 1.54) is 12.8 Å². The van der Waals surface area contributed by atoms with Gasteiger partial charge in [0, 0.05) is 99.6 Å². The van der Waals surface area contributed by atoms with Gasteiger partial charge in [-0.25, -0.2) is 37.5 Å². The first-order valence-electron chi connectivity index (χ1n) is 22.1. The maximum Gasteiger partial charge on any atom is 0.266 e. The van der Waals surface area contributed by atoms with Gasteiger partial charge in [-0.2, -0.15) is 0 Å². The Bertz CT molecular complexity index is 2100. The van der Waals surface area contributed by atoms with Gasteiger partial charge in [-0.3, -0.25) is 9.97 Å². The number of anilines is 8. The molecule has 326 valence electrons. The summed E-state index contributed by atoms with van der Waals surface area (Å²) < 4.78 is 56.1. The quantitative estimate of drug-likeness (QED) is 0.126. The minimum absolute atomic E-state index is 0.168. The summed E-state index contributed by atoms with van der Waals surface area (Å²) >= 11 is 0. The van der Waals surface area contributed by atoms with E-state index in [9.17, 15) is 22.7 Å². The van der Waals surface area contributed by atoms with E-state index < -0.39 is 17.8 Å². The number of piperidine rings is 2. The molecule has 10 rings (SSSR count). The van der Waals surface area contributed by atoms with E-state index in [2.05, 4.69) is 45.4 Å². The third kappa shape index (κ3) is 10.4. The largest absolute Gasteiger partial charge is 0.391 e. The van der Waals surface area contributed by atoms with Gasteiger partial charge in [-0.15, -0.1) is 0 Å². The molecule has 4 aliphatic heterocycles. The average molecular weight is 845 g/mol. The van der Waals surface area contributed by atoms with E-state index in [0.717, 1.165) is 60.8 Å². The van der Waals surface area contributed by atoms with Crippen molar-refractivity contribution in [1.82, 2.24) is 29.9 Å². The predicted octanol–water partition coefficient (Wildman–Crippen LogP) is 8.06. The highest BCUT2D eigenvalue weighted by atomic mass is 19.3. The fourth-order valence-electron chi connectivity index (χ4n) is 8.62. The van der Waals surface area contributed by atoms with Crippen LogP contribution in [-0.4, -0.2) is 111 Å². The molecule has 17 heteroatoms. The monoisotopic (exact) mass is 844 g/mol. The minimum Gasteiger partial charge on any atom is -0.391 e. The fourth-order valence-corrected chi connectivity index (χ4v) is 8.62. The van der Waals surface area contributed by atoms with Crippen molar-refractivity contribution in [1.29, 1.82) is 0 Å². The fraction of sp³-hybridized carbons (Fsp3) is 0.591. The van der Waals surface area contributed by atoms with Crippen LogP contribution in [0.25, 0.3) is 0 Å². The zero-order chi connectivity index (χ0) is 42.1. The highest BCUT2D eigenvalue weighted by molar-refractivity contribution is 5.67. The van der Waals surface area contributed by atoms with E-state index >= 15 is 0 Å². The zero-order valence-corrected chi connectivity index (χ0v) is 34.8. The molecule has 0 amide bonds. The number of alkyl halides is 4. The van der Waals surface area contributed by atoms with Crippen LogP contribution in [0.1, 0.15) is 101 Å². The number of hydrogen-bond donors (Lipinski definition) is 3. The third-order valence-electron chi connectivity index (χ3n) is 12.7. The molecule has 0 spiro atoms. The predicted molar refractivity (Wildman–Crippen MR) is 230 cm³/mol. The highest BCUT2D eigenvalue weighted by Gasteiger charge is 2.40. The normalized spacial score (nSPS) is 24.1. The molecule has 8 heterocycles. The maximum atomic E-state index is 14.9. The van der Waals surface area contributed by atoms with Crippen molar-refractivity contribution in [3.63, 3.8) is 0 Å². The van der Waals surface area contributed by atoms with Crippen LogP contribution in [0.3, 0.4) is 0 Å². The lowest BCUT2D eigenvalue weighted by Crippen LogP contribution is -2.38. The molecule has 6 aliphatic rings. The summed E-state index contributed by atoms with van der Waals surface area (Å²) in [6.45, 7) is 5.49. The Morgan fingerprint density at radius 2 is 1.18 bits per heavy atom. The van der Waals surface area contributed by atoms with Crippen LogP contribution in [0.5, 0.6) is 0 Å². The number of β-amino-alcohol motifs (C(OH)–C–C–N with tert-alkyl or cyclic N) is 1. The number of aromatic nitrogens is 6. The highest BCUT2D eigenvalue weighted by Crippen LogP contribution is 2.40. The smallest absolute Gasteiger partial charge is 0.266 e. The first-order chi connectivity index (χ1) is 29.5. The minimum atomic E-state index is -2.70. The molecule has 2 atom stereocenters. The van der Waals surface area contributed by atoms with Crippen LogP contribution in [0.4, 0.5) is 63.8 Å². The van der Waals surface area contributed by atoms with Crippen LogP contribution in [0, 0.1) is 0 Å². The summed E-state index contributed by atoms with van der Waals surface area (Å²) in [5, 5.41) is 16.5. The van der Waals surface area contributed by atoms with Gasteiger partial charge in [-0.05, 0) is 57.8 Å². The SMILES string of the molecule is CCC1(F)CCN(c2cc(N3CCC(F)CC3)cc(Nc3cnc(C4CC4)cn3)n2)C1.OC1CCCN(c2cc(Nc3cnc(C4CC4)cn3)nc(N3CCC(F)(F)C3)c2)C1. The second-order valence-corrected chi connectivity index (χ2v) is 17.7. The van der Waals surface area contributed by atoms with Gasteiger partial charge in [0.25, 0.3) is 5.92 Å².